The summed E-state index contributed by atoms with van der Waals surface area (Å²) in [5, 5.41) is 2.92. The highest BCUT2D eigenvalue weighted by Crippen LogP contribution is 2.17. The molecule has 0 bridgehead atoms. The first-order chi connectivity index (χ1) is 13.4. The van der Waals surface area contributed by atoms with Crippen LogP contribution in [0.3, 0.4) is 0 Å². The fourth-order valence-corrected chi connectivity index (χ4v) is 2.91. The third-order valence-corrected chi connectivity index (χ3v) is 4.42. The van der Waals surface area contributed by atoms with Gasteiger partial charge in [0.25, 0.3) is 5.91 Å². The van der Waals surface area contributed by atoms with Crippen molar-refractivity contribution in [1.29, 1.82) is 0 Å². The molecule has 28 heavy (non-hydrogen) atoms. The van der Waals surface area contributed by atoms with Gasteiger partial charge < -0.3 is 24.5 Å². The Bertz CT molecular complexity index is 708. The predicted molar refractivity (Wildman–Crippen MR) is 101 cm³/mol. The van der Waals surface area contributed by atoms with E-state index in [1.807, 2.05) is 0 Å². The van der Waals surface area contributed by atoms with Gasteiger partial charge in [-0.1, -0.05) is 0 Å². The van der Waals surface area contributed by atoms with E-state index in [0.29, 0.717) is 37.2 Å². The van der Waals surface area contributed by atoms with E-state index in [0.717, 1.165) is 0 Å². The Morgan fingerprint density at radius 2 is 1.71 bits per heavy atom. The minimum absolute atomic E-state index is 0.00533. The lowest BCUT2D eigenvalue weighted by Gasteiger charge is -2.32. The predicted octanol–water partition coefficient (Wildman–Crippen LogP) is 2.31. The summed E-state index contributed by atoms with van der Waals surface area (Å²) >= 11 is 0. The maximum Gasteiger partial charge on any atom is 0.513 e. The summed E-state index contributed by atoms with van der Waals surface area (Å²) in [6.45, 7) is 4.45. The molecule has 0 radical (unpaired) electrons. The fourth-order valence-electron chi connectivity index (χ4n) is 2.91. The minimum atomic E-state index is -0.783. The summed E-state index contributed by atoms with van der Waals surface area (Å²) in [6, 6.07) is 6.32. The maximum absolute atomic E-state index is 12.6. The number of hydrogen-bond acceptors (Lipinski definition) is 6. The number of nitrogens with zero attached hydrogens (tertiary/aromatic N) is 1. The van der Waals surface area contributed by atoms with Gasteiger partial charge in [-0.2, -0.15) is 0 Å². The standard InChI is InChI=1S/C20H26N2O6/c1-3-27-20(26)28-17-7-5-15(6-8-17)19(25)22-12-10-16(11-13-22)21-18(24)9-4-14(2)23/h5-8,16H,3-4,9-13H2,1-2H3,(H,21,24). The number of carbonyl (C=O) groups excluding carboxylic acids is 4. The van der Waals surface area contributed by atoms with Crippen molar-refractivity contribution < 1.29 is 28.7 Å². The molecule has 8 heteroatoms. The molecule has 1 aromatic rings. The number of carbonyl (C=O) groups is 4. The molecule has 8 nitrogen and oxygen atoms in total. The monoisotopic (exact) mass is 390 g/mol. The lowest BCUT2D eigenvalue weighted by molar-refractivity contribution is -0.125. The number of likely N-dealkylation sites (tertiary alicyclic amines) is 1. The van der Waals surface area contributed by atoms with Crippen LogP contribution in [0.15, 0.2) is 24.3 Å². The minimum Gasteiger partial charge on any atom is -0.434 e. The summed E-state index contributed by atoms with van der Waals surface area (Å²) in [6.07, 6.45) is 1.01. The fraction of sp³-hybridized carbons (Fsp3) is 0.500. The van der Waals surface area contributed by atoms with E-state index in [-0.39, 0.29) is 43.1 Å². The number of ether oxygens (including phenoxy) is 2. The summed E-state index contributed by atoms with van der Waals surface area (Å²) in [4.78, 5) is 48.4. The number of hydrogen-bond donors (Lipinski definition) is 1. The lowest BCUT2D eigenvalue weighted by atomic mass is 10.0. The Morgan fingerprint density at radius 1 is 1.07 bits per heavy atom. The average Bonchev–Trinajstić information content (AvgIpc) is 2.67. The number of ketones is 1. The van der Waals surface area contributed by atoms with Crippen LogP contribution in [0, 0.1) is 0 Å². The van der Waals surface area contributed by atoms with E-state index in [1.54, 1.807) is 36.1 Å². The highest BCUT2D eigenvalue weighted by Gasteiger charge is 2.24. The molecule has 0 atom stereocenters. The van der Waals surface area contributed by atoms with Crippen molar-refractivity contribution in [3.8, 4) is 5.75 Å². The molecule has 2 amide bonds. The summed E-state index contributed by atoms with van der Waals surface area (Å²) in [7, 11) is 0. The van der Waals surface area contributed by atoms with E-state index in [9.17, 15) is 19.2 Å². The average molecular weight is 390 g/mol. The van der Waals surface area contributed by atoms with Gasteiger partial charge in [0.1, 0.15) is 11.5 Å². The second-order valence-electron chi connectivity index (χ2n) is 6.65. The molecule has 0 aromatic heterocycles. The lowest BCUT2D eigenvalue weighted by Crippen LogP contribution is -2.46. The zero-order valence-corrected chi connectivity index (χ0v) is 16.2. The van der Waals surface area contributed by atoms with E-state index in [1.165, 1.54) is 6.92 Å². The zero-order valence-electron chi connectivity index (χ0n) is 16.2. The molecule has 1 aliphatic rings. The van der Waals surface area contributed by atoms with Gasteiger partial charge in [-0.25, -0.2) is 4.79 Å². The molecule has 0 aliphatic carbocycles. The Morgan fingerprint density at radius 3 is 2.29 bits per heavy atom. The molecule has 1 heterocycles. The normalized spacial score (nSPS) is 14.3. The topological polar surface area (TPSA) is 102 Å². The highest BCUT2D eigenvalue weighted by atomic mass is 16.7. The number of rotatable bonds is 7. The largest absolute Gasteiger partial charge is 0.513 e. The number of piperidine rings is 1. The molecule has 1 N–H and O–H groups in total. The summed E-state index contributed by atoms with van der Waals surface area (Å²) in [5.74, 6) is 0.0671. The van der Waals surface area contributed by atoms with Gasteiger partial charge in [0.15, 0.2) is 0 Å². The number of nitrogens with one attached hydrogen (secondary N) is 1. The second-order valence-corrected chi connectivity index (χ2v) is 6.65. The van der Waals surface area contributed by atoms with E-state index in [4.69, 9.17) is 9.47 Å². The molecule has 0 spiro atoms. The van der Waals surface area contributed by atoms with E-state index in [2.05, 4.69) is 5.32 Å². The molecular weight excluding hydrogens is 364 g/mol. The van der Waals surface area contributed by atoms with Crippen molar-refractivity contribution in [3.05, 3.63) is 29.8 Å². The van der Waals surface area contributed by atoms with Crippen LogP contribution >= 0.6 is 0 Å². The van der Waals surface area contributed by atoms with Crippen molar-refractivity contribution in [2.24, 2.45) is 0 Å². The van der Waals surface area contributed by atoms with Crippen molar-refractivity contribution in [1.82, 2.24) is 10.2 Å². The summed E-state index contributed by atoms with van der Waals surface area (Å²) < 4.78 is 9.67. The third kappa shape index (κ3) is 6.68. The molecule has 152 valence electrons. The first kappa shape index (κ1) is 21.4. The van der Waals surface area contributed by atoms with Crippen LogP contribution in [-0.2, 0) is 14.3 Å². The van der Waals surface area contributed by atoms with Crippen LogP contribution in [0.5, 0.6) is 5.75 Å². The smallest absolute Gasteiger partial charge is 0.434 e. The van der Waals surface area contributed by atoms with Gasteiger partial charge in [-0.3, -0.25) is 9.59 Å². The van der Waals surface area contributed by atoms with E-state index >= 15 is 0 Å². The molecule has 1 fully saturated rings. The number of benzene rings is 1. The van der Waals surface area contributed by atoms with Crippen molar-refractivity contribution in [2.45, 2.75) is 45.6 Å². The van der Waals surface area contributed by atoms with Crippen molar-refractivity contribution >= 4 is 23.8 Å². The van der Waals surface area contributed by atoms with Crippen LogP contribution < -0.4 is 10.1 Å². The molecule has 2 rings (SSSR count). The molecule has 0 unspecified atom stereocenters. The number of Topliss-reactive ketones (excluding diaryl/α,β-unsaturated/α-hetero) is 1. The van der Waals surface area contributed by atoms with Crippen LogP contribution in [0.4, 0.5) is 4.79 Å². The van der Waals surface area contributed by atoms with Crippen LogP contribution in [0.25, 0.3) is 0 Å². The molecule has 1 aromatic carbocycles. The SMILES string of the molecule is CCOC(=O)Oc1ccc(C(=O)N2CCC(NC(=O)CCC(C)=O)CC2)cc1. The van der Waals surface area contributed by atoms with E-state index < -0.39 is 6.16 Å². The summed E-state index contributed by atoms with van der Waals surface area (Å²) in [5.41, 5.74) is 0.500. The number of amides is 2. The third-order valence-electron chi connectivity index (χ3n) is 4.42. The Labute approximate surface area is 164 Å². The highest BCUT2D eigenvalue weighted by molar-refractivity contribution is 5.94. The Hall–Kier alpha value is -2.90. The van der Waals surface area contributed by atoms with Gasteiger partial charge in [0, 0.05) is 37.5 Å². The van der Waals surface area contributed by atoms with Crippen LogP contribution in [0.2, 0.25) is 0 Å². The molecular formula is C20H26N2O6. The van der Waals surface area contributed by atoms with Gasteiger partial charge in [-0.15, -0.1) is 0 Å². The first-order valence-electron chi connectivity index (χ1n) is 9.41. The van der Waals surface area contributed by atoms with Gasteiger partial charge in [-0.05, 0) is 51.0 Å². The Balaban J connectivity index is 1.80. The van der Waals surface area contributed by atoms with Gasteiger partial charge >= 0.3 is 6.16 Å². The van der Waals surface area contributed by atoms with Crippen molar-refractivity contribution in [3.63, 3.8) is 0 Å². The first-order valence-corrected chi connectivity index (χ1v) is 9.41. The molecule has 1 aliphatic heterocycles. The Kier molecular flexibility index (Phi) is 7.98. The zero-order chi connectivity index (χ0) is 20.5. The van der Waals surface area contributed by atoms with Crippen LogP contribution in [-0.4, -0.2) is 54.4 Å². The maximum atomic E-state index is 12.6. The second kappa shape index (κ2) is 10.4. The van der Waals surface area contributed by atoms with Crippen molar-refractivity contribution in [2.75, 3.05) is 19.7 Å². The van der Waals surface area contributed by atoms with Gasteiger partial charge in [0.05, 0.1) is 6.61 Å². The molecule has 0 saturated carbocycles. The molecule has 1 saturated heterocycles. The van der Waals surface area contributed by atoms with Gasteiger partial charge in [0.2, 0.25) is 5.91 Å². The quantitative estimate of drug-likeness (QED) is 0.566. The van der Waals surface area contributed by atoms with Crippen LogP contribution in [0.1, 0.15) is 49.9 Å².